The van der Waals surface area contributed by atoms with Crippen LogP contribution in [0.25, 0.3) is 0 Å². The largest absolute Gasteiger partial charge is 0.508 e. The number of aliphatic imine (C=N–C) groups is 1. The summed E-state index contributed by atoms with van der Waals surface area (Å²) in [6.45, 7) is 6.07. The van der Waals surface area contributed by atoms with Crippen molar-refractivity contribution in [3.05, 3.63) is 95.1 Å². The Morgan fingerprint density at radius 3 is 2.32 bits per heavy atom. The number of nitrogens with zero attached hydrogens (tertiary/aromatic N) is 1. The van der Waals surface area contributed by atoms with E-state index >= 15 is 0 Å². The van der Waals surface area contributed by atoms with Crippen LogP contribution in [0.15, 0.2) is 82.7 Å². The molecule has 0 saturated carbocycles. The zero-order valence-corrected chi connectivity index (χ0v) is 23.5. The summed E-state index contributed by atoms with van der Waals surface area (Å²) in [6.07, 6.45) is -0.604. The fraction of sp³-hybridized carbons (Fsp3) is 0.219. The third kappa shape index (κ3) is 5.64. The first kappa shape index (κ1) is 28.2. The molecule has 9 heteroatoms. The topological polar surface area (TPSA) is 143 Å². The Kier molecular flexibility index (Phi) is 7.50. The van der Waals surface area contributed by atoms with Crippen molar-refractivity contribution in [2.24, 2.45) is 4.99 Å². The van der Waals surface area contributed by atoms with Gasteiger partial charge in [-0.1, -0.05) is 51.1 Å². The molecule has 0 fully saturated rings. The number of hydrogen-bond donors (Lipinski definition) is 6. The van der Waals surface area contributed by atoms with Crippen molar-refractivity contribution in [2.45, 2.75) is 48.5 Å². The molecule has 5 rings (SSSR count). The number of fused-ring (bicyclic) bond motifs is 1. The zero-order valence-electron chi connectivity index (χ0n) is 22.7. The number of aromatic hydroxyl groups is 5. The Morgan fingerprint density at radius 2 is 1.59 bits per heavy atom. The summed E-state index contributed by atoms with van der Waals surface area (Å²) in [6, 6.07) is 19.5. The molecule has 8 nitrogen and oxygen atoms in total. The van der Waals surface area contributed by atoms with E-state index in [1.54, 1.807) is 12.3 Å². The first-order chi connectivity index (χ1) is 19.4. The number of ether oxygens (including phenoxy) is 1. The van der Waals surface area contributed by atoms with Gasteiger partial charge in [0.25, 0.3) is 0 Å². The molecular formula is C32H31NO7S. The van der Waals surface area contributed by atoms with Crippen LogP contribution < -0.4 is 4.74 Å². The number of aliphatic hydroxyl groups is 1. The van der Waals surface area contributed by atoms with Gasteiger partial charge in [0, 0.05) is 28.8 Å². The van der Waals surface area contributed by atoms with Crippen LogP contribution in [0.4, 0.5) is 5.69 Å². The molecule has 4 aromatic carbocycles. The van der Waals surface area contributed by atoms with Gasteiger partial charge in [0.2, 0.25) is 0 Å². The van der Waals surface area contributed by atoms with E-state index < -0.39 is 17.5 Å². The highest BCUT2D eigenvalue weighted by Crippen LogP contribution is 2.55. The Bertz CT molecular complexity index is 1630. The smallest absolute Gasteiger partial charge is 0.157 e. The maximum absolute atomic E-state index is 11.6. The second kappa shape index (κ2) is 10.9. The lowest BCUT2D eigenvalue weighted by Gasteiger charge is -2.37. The Balaban J connectivity index is 1.53. The van der Waals surface area contributed by atoms with Gasteiger partial charge in [0.15, 0.2) is 17.6 Å². The van der Waals surface area contributed by atoms with Crippen molar-refractivity contribution < 1.29 is 35.4 Å². The summed E-state index contributed by atoms with van der Waals surface area (Å²) in [5, 5.41) is 62.4. The predicted octanol–water partition coefficient (Wildman–Crippen LogP) is 6.59. The van der Waals surface area contributed by atoms with E-state index in [1.165, 1.54) is 42.1 Å². The maximum Gasteiger partial charge on any atom is 0.157 e. The van der Waals surface area contributed by atoms with Gasteiger partial charge in [-0.25, -0.2) is 0 Å². The molecule has 0 amide bonds. The summed E-state index contributed by atoms with van der Waals surface area (Å²) in [7, 11) is 0. The number of aliphatic hydroxyl groups excluding tert-OH is 1. The normalized spacial score (nSPS) is 18.7. The van der Waals surface area contributed by atoms with E-state index in [1.807, 2.05) is 57.2 Å². The summed E-state index contributed by atoms with van der Waals surface area (Å²) in [5.41, 5.74) is 2.39. The van der Waals surface area contributed by atoms with Gasteiger partial charge < -0.3 is 35.4 Å². The Morgan fingerprint density at radius 1 is 0.829 bits per heavy atom. The van der Waals surface area contributed by atoms with E-state index in [0.29, 0.717) is 27.3 Å². The molecule has 0 aromatic heterocycles. The highest BCUT2D eigenvalue weighted by atomic mass is 32.2. The fourth-order valence-electron chi connectivity index (χ4n) is 4.84. The van der Waals surface area contributed by atoms with E-state index in [2.05, 4.69) is 4.99 Å². The van der Waals surface area contributed by atoms with E-state index in [9.17, 15) is 30.6 Å². The third-order valence-corrected chi connectivity index (χ3v) is 8.30. The highest BCUT2D eigenvalue weighted by Gasteiger charge is 2.41. The van der Waals surface area contributed by atoms with Gasteiger partial charge >= 0.3 is 0 Å². The second-order valence-electron chi connectivity index (χ2n) is 10.9. The zero-order chi connectivity index (χ0) is 29.5. The number of phenolic OH excluding ortho intramolecular Hbond substituents is 5. The molecule has 3 atom stereocenters. The molecule has 1 aliphatic heterocycles. The lowest BCUT2D eigenvalue weighted by molar-refractivity contribution is 0.0174. The molecule has 41 heavy (non-hydrogen) atoms. The van der Waals surface area contributed by atoms with Crippen molar-refractivity contribution in [2.75, 3.05) is 0 Å². The number of phenols is 5. The fourth-order valence-corrected chi connectivity index (χ4v) is 6.15. The van der Waals surface area contributed by atoms with Crippen molar-refractivity contribution in [3.8, 4) is 34.5 Å². The minimum atomic E-state index is -1.21. The summed E-state index contributed by atoms with van der Waals surface area (Å²) < 4.78 is 6.01. The minimum absolute atomic E-state index is 0.160. The molecule has 0 aliphatic carbocycles. The van der Waals surface area contributed by atoms with Crippen molar-refractivity contribution >= 4 is 23.7 Å². The van der Waals surface area contributed by atoms with Gasteiger partial charge in [-0.05, 0) is 46.9 Å². The number of benzene rings is 4. The standard InChI is InChI=1S/C32H31NO7S/c1-32(2,3)20-8-6-7-18(28(20)38)16-33-21-9-4-5-10-26(21)41-31-27-24(37)14-19(34)15-25(27)40-30(29(31)39)17-11-12-22(35)23(36)13-17/h4-16,29-31,34-39H,1-3H3/t29-,30+,31-/m0/s1. The van der Waals surface area contributed by atoms with Gasteiger partial charge in [-0.3, -0.25) is 4.99 Å². The molecular weight excluding hydrogens is 542 g/mol. The van der Waals surface area contributed by atoms with Crippen LogP contribution in [-0.4, -0.2) is 43.0 Å². The van der Waals surface area contributed by atoms with Crippen LogP contribution >= 0.6 is 11.8 Å². The van der Waals surface area contributed by atoms with Crippen LogP contribution in [0.2, 0.25) is 0 Å². The van der Waals surface area contributed by atoms with Gasteiger partial charge in [0.05, 0.1) is 16.5 Å². The first-order valence-corrected chi connectivity index (χ1v) is 13.9. The van der Waals surface area contributed by atoms with Crippen molar-refractivity contribution in [3.63, 3.8) is 0 Å². The lowest BCUT2D eigenvalue weighted by atomic mass is 9.85. The first-order valence-electron chi connectivity index (χ1n) is 13.0. The van der Waals surface area contributed by atoms with Crippen molar-refractivity contribution in [1.29, 1.82) is 0 Å². The van der Waals surface area contributed by atoms with E-state index in [-0.39, 0.29) is 39.9 Å². The van der Waals surface area contributed by atoms with Crippen LogP contribution in [0.1, 0.15) is 54.4 Å². The Hall–Kier alpha value is -4.34. The molecule has 0 spiro atoms. The number of thioether (sulfide) groups is 1. The van der Waals surface area contributed by atoms with Crippen LogP contribution in [0, 0.1) is 0 Å². The average molecular weight is 574 g/mol. The molecule has 4 aromatic rings. The Labute approximate surface area is 241 Å². The van der Waals surface area contributed by atoms with Gasteiger partial charge in [-0.2, -0.15) is 0 Å². The molecule has 1 aliphatic rings. The third-order valence-electron chi connectivity index (χ3n) is 6.93. The second-order valence-corrected chi connectivity index (χ2v) is 12.1. The molecule has 0 bridgehead atoms. The monoisotopic (exact) mass is 573 g/mol. The molecule has 1 heterocycles. The number of hydrogen-bond acceptors (Lipinski definition) is 9. The highest BCUT2D eigenvalue weighted by molar-refractivity contribution is 7.99. The summed E-state index contributed by atoms with van der Waals surface area (Å²) >= 11 is 1.25. The van der Waals surface area contributed by atoms with E-state index in [0.717, 1.165) is 5.56 Å². The van der Waals surface area contributed by atoms with Crippen molar-refractivity contribution in [1.82, 2.24) is 0 Å². The number of para-hydroxylation sites is 2. The maximum atomic E-state index is 11.6. The molecule has 0 unspecified atom stereocenters. The summed E-state index contributed by atoms with van der Waals surface area (Å²) in [4.78, 5) is 5.35. The quantitative estimate of drug-likeness (QED) is 0.116. The van der Waals surface area contributed by atoms with Crippen LogP contribution in [0.3, 0.4) is 0 Å². The van der Waals surface area contributed by atoms with Crippen LogP contribution in [0.5, 0.6) is 34.5 Å². The minimum Gasteiger partial charge on any atom is -0.508 e. The van der Waals surface area contributed by atoms with E-state index in [4.69, 9.17) is 4.74 Å². The summed E-state index contributed by atoms with van der Waals surface area (Å²) in [5.74, 6) is -0.804. The van der Waals surface area contributed by atoms with Crippen LogP contribution in [-0.2, 0) is 5.41 Å². The number of rotatable bonds is 5. The average Bonchev–Trinajstić information content (AvgIpc) is 2.91. The molecule has 6 N–H and O–H groups in total. The van der Waals surface area contributed by atoms with Gasteiger partial charge in [-0.15, -0.1) is 11.8 Å². The lowest BCUT2D eigenvalue weighted by Crippen LogP contribution is -2.33. The molecule has 0 radical (unpaired) electrons. The predicted molar refractivity (Wildman–Crippen MR) is 158 cm³/mol. The SMILES string of the molecule is CC(C)(C)c1cccc(C=Nc2ccccc2S[C@H]2c3c(O)cc(O)cc3O[C@H](c3ccc(O)c(O)c3)[C@@H]2O)c1O. The molecule has 0 saturated heterocycles. The van der Waals surface area contributed by atoms with Gasteiger partial charge in [0.1, 0.15) is 29.1 Å². The molecule has 212 valence electrons.